The van der Waals surface area contributed by atoms with Gasteiger partial charge in [-0.15, -0.1) is 0 Å². The van der Waals surface area contributed by atoms with Gasteiger partial charge in [-0.2, -0.15) is 0 Å². The third-order valence-electron chi connectivity index (χ3n) is 3.89. The summed E-state index contributed by atoms with van der Waals surface area (Å²) in [6.07, 6.45) is 3.48. The maximum atomic E-state index is 12.9. The molecule has 1 unspecified atom stereocenters. The van der Waals surface area contributed by atoms with Crippen molar-refractivity contribution in [3.63, 3.8) is 0 Å². The second-order valence-electron chi connectivity index (χ2n) is 5.27. The zero-order chi connectivity index (χ0) is 14.8. The highest BCUT2D eigenvalue weighted by Crippen LogP contribution is 2.26. The lowest BCUT2D eigenvalue weighted by atomic mass is 10.0. The fourth-order valence-electron chi connectivity index (χ4n) is 2.84. The monoisotopic (exact) mass is 281 g/mol. The Balaban J connectivity index is 1.72. The van der Waals surface area contributed by atoms with Crippen molar-refractivity contribution in [2.24, 2.45) is 0 Å². The van der Waals surface area contributed by atoms with E-state index in [9.17, 15) is 9.18 Å². The van der Waals surface area contributed by atoms with Crippen LogP contribution >= 0.6 is 0 Å². The molecule has 3 heteroatoms. The van der Waals surface area contributed by atoms with Crippen molar-refractivity contribution in [2.75, 3.05) is 0 Å². The first-order valence-corrected chi connectivity index (χ1v) is 6.97. The summed E-state index contributed by atoms with van der Waals surface area (Å²) >= 11 is 0. The van der Waals surface area contributed by atoms with Crippen molar-refractivity contribution < 1.29 is 9.18 Å². The third-order valence-corrected chi connectivity index (χ3v) is 3.89. The average Bonchev–Trinajstić information content (AvgIpc) is 2.90. The number of nitrogens with one attached hydrogen (secondary N) is 1. The van der Waals surface area contributed by atoms with Crippen LogP contribution < -0.4 is 5.32 Å². The van der Waals surface area contributed by atoms with Crippen molar-refractivity contribution in [1.29, 1.82) is 0 Å². The largest absolute Gasteiger partial charge is 0.349 e. The Morgan fingerprint density at radius 2 is 1.95 bits per heavy atom. The Morgan fingerprint density at radius 3 is 2.67 bits per heavy atom. The van der Waals surface area contributed by atoms with Crippen molar-refractivity contribution in [3.8, 4) is 0 Å². The Bertz CT molecular complexity index is 691. The minimum atomic E-state index is -0.338. The predicted octanol–water partition coefficient (Wildman–Crippen LogP) is 3.37. The summed E-state index contributed by atoms with van der Waals surface area (Å²) in [5, 5.41) is 3.02. The summed E-state index contributed by atoms with van der Waals surface area (Å²) in [6, 6.07) is 11.8. The highest BCUT2D eigenvalue weighted by atomic mass is 19.1. The highest BCUT2D eigenvalue weighted by molar-refractivity contribution is 5.94. The molecule has 2 aromatic rings. The molecule has 21 heavy (non-hydrogen) atoms. The summed E-state index contributed by atoms with van der Waals surface area (Å²) in [6.45, 7) is 3.83. The molecule has 0 fully saturated rings. The molecule has 0 heterocycles. The molecule has 0 bridgehead atoms. The molecule has 0 spiro atoms. The number of benzene rings is 2. The van der Waals surface area contributed by atoms with E-state index in [1.54, 1.807) is 0 Å². The first-order valence-electron chi connectivity index (χ1n) is 6.97. The number of halogens is 1. The lowest BCUT2D eigenvalue weighted by Crippen LogP contribution is -2.35. The van der Waals surface area contributed by atoms with E-state index in [1.165, 1.54) is 35.4 Å². The molecular formula is C18H16FNO. The normalized spacial score (nSPS) is 16.3. The predicted molar refractivity (Wildman–Crippen MR) is 81.6 cm³/mol. The maximum Gasteiger partial charge on any atom is 0.251 e. The van der Waals surface area contributed by atoms with Crippen molar-refractivity contribution in [1.82, 2.24) is 5.32 Å². The van der Waals surface area contributed by atoms with Gasteiger partial charge in [0, 0.05) is 11.6 Å². The fraction of sp³-hybridized carbons (Fsp3) is 0.167. The molecule has 3 rings (SSSR count). The first-order chi connectivity index (χ1) is 10.2. The first kappa shape index (κ1) is 13.6. The lowest BCUT2D eigenvalue weighted by Gasteiger charge is -2.12. The van der Waals surface area contributed by atoms with Gasteiger partial charge in [0.2, 0.25) is 0 Å². The van der Waals surface area contributed by atoms with Crippen molar-refractivity contribution >= 4 is 12.0 Å². The molecule has 1 aliphatic rings. The summed E-state index contributed by atoms with van der Waals surface area (Å²) in [7, 11) is 0. The van der Waals surface area contributed by atoms with E-state index in [2.05, 4.69) is 18.0 Å². The van der Waals surface area contributed by atoms with Gasteiger partial charge in [-0.05, 0) is 53.8 Å². The van der Waals surface area contributed by atoms with E-state index >= 15 is 0 Å². The van der Waals surface area contributed by atoms with Crippen LogP contribution in [0, 0.1) is 5.82 Å². The average molecular weight is 281 g/mol. The molecule has 2 aromatic carbocycles. The number of fused-ring (bicyclic) bond motifs is 1. The van der Waals surface area contributed by atoms with E-state index in [-0.39, 0.29) is 17.8 Å². The number of carbonyl (C=O) groups is 1. The molecule has 0 radical (unpaired) electrons. The summed E-state index contributed by atoms with van der Waals surface area (Å²) < 4.78 is 12.9. The second kappa shape index (κ2) is 5.52. The SMILES string of the molecule is C=Cc1cccc2c1CC(NC(=O)c1ccc(F)cc1)C2. The molecule has 0 saturated heterocycles. The Morgan fingerprint density at radius 1 is 1.19 bits per heavy atom. The van der Waals surface area contributed by atoms with Crippen LogP contribution in [0.25, 0.3) is 6.08 Å². The standard InChI is InChI=1S/C18H16FNO/c1-2-12-4-3-5-14-10-16(11-17(12)14)20-18(21)13-6-8-15(19)9-7-13/h2-9,16H,1,10-11H2,(H,20,21). The van der Waals surface area contributed by atoms with Crippen LogP contribution in [0.3, 0.4) is 0 Å². The summed E-state index contributed by atoms with van der Waals surface area (Å²) in [5.41, 5.74) is 4.14. The van der Waals surface area contributed by atoms with Crippen molar-refractivity contribution in [2.45, 2.75) is 18.9 Å². The molecule has 1 amide bonds. The Labute approximate surface area is 123 Å². The van der Waals surface area contributed by atoms with Gasteiger partial charge >= 0.3 is 0 Å². The number of rotatable bonds is 3. The topological polar surface area (TPSA) is 29.1 Å². The summed E-state index contributed by atoms with van der Waals surface area (Å²) in [5.74, 6) is -0.497. The maximum absolute atomic E-state index is 12.9. The number of hydrogen-bond donors (Lipinski definition) is 1. The van der Waals surface area contributed by atoms with Gasteiger partial charge in [-0.3, -0.25) is 4.79 Å². The van der Waals surface area contributed by atoms with E-state index in [1.807, 2.05) is 18.2 Å². The molecule has 1 aliphatic carbocycles. The zero-order valence-electron chi connectivity index (χ0n) is 11.6. The molecule has 0 aliphatic heterocycles. The minimum absolute atomic E-state index is 0.0821. The molecule has 1 N–H and O–H groups in total. The van der Waals surface area contributed by atoms with Crippen LogP contribution in [0.1, 0.15) is 27.0 Å². The van der Waals surface area contributed by atoms with Gasteiger partial charge in [-0.25, -0.2) is 4.39 Å². The van der Waals surface area contributed by atoms with Crippen LogP contribution in [-0.2, 0) is 12.8 Å². The Hall–Kier alpha value is -2.42. The van der Waals surface area contributed by atoms with E-state index in [0.717, 1.165) is 18.4 Å². The molecule has 1 atom stereocenters. The second-order valence-corrected chi connectivity index (χ2v) is 5.27. The summed E-state index contributed by atoms with van der Waals surface area (Å²) in [4.78, 5) is 12.2. The van der Waals surface area contributed by atoms with E-state index in [0.29, 0.717) is 5.56 Å². The highest BCUT2D eigenvalue weighted by Gasteiger charge is 2.24. The third kappa shape index (κ3) is 2.72. The van der Waals surface area contributed by atoms with E-state index < -0.39 is 0 Å². The van der Waals surface area contributed by atoms with Gasteiger partial charge in [0.25, 0.3) is 5.91 Å². The number of carbonyl (C=O) groups excluding carboxylic acids is 1. The smallest absolute Gasteiger partial charge is 0.251 e. The van der Waals surface area contributed by atoms with Crippen LogP contribution in [0.15, 0.2) is 49.0 Å². The van der Waals surface area contributed by atoms with Crippen LogP contribution in [0.2, 0.25) is 0 Å². The molecule has 106 valence electrons. The van der Waals surface area contributed by atoms with Crippen LogP contribution in [-0.4, -0.2) is 11.9 Å². The minimum Gasteiger partial charge on any atom is -0.349 e. The zero-order valence-corrected chi connectivity index (χ0v) is 11.6. The van der Waals surface area contributed by atoms with E-state index in [4.69, 9.17) is 0 Å². The quantitative estimate of drug-likeness (QED) is 0.918. The van der Waals surface area contributed by atoms with Gasteiger partial charge in [-0.1, -0.05) is 30.9 Å². The number of amides is 1. The molecule has 2 nitrogen and oxygen atoms in total. The van der Waals surface area contributed by atoms with Gasteiger partial charge in [0.15, 0.2) is 0 Å². The van der Waals surface area contributed by atoms with Crippen LogP contribution in [0.5, 0.6) is 0 Å². The van der Waals surface area contributed by atoms with Gasteiger partial charge in [0.05, 0.1) is 0 Å². The molecular weight excluding hydrogens is 265 g/mol. The van der Waals surface area contributed by atoms with Crippen LogP contribution in [0.4, 0.5) is 4.39 Å². The van der Waals surface area contributed by atoms with Gasteiger partial charge in [0.1, 0.15) is 5.82 Å². The molecule has 0 aromatic heterocycles. The molecule has 0 saturated carbocycles. The van der Waals surface area contributed by atoms with Crippen molar-refractivity contribution in [3.05, 3.63) is 77.1 Å². The lowest BCUT2D eigenvalue weighted by molar-refractivity contribution is 0.0938. The number of hydrogen-bond acceptors (Lipinski definition) is 1. The van der Waals surface area contributed by atoms with Gasteiger partial charge < -0.3 is 5.32 Å². The Kier molecular flexibility index (Phi) is 3.57. The fourth-order valence-corrected chi connectivity index (χ4v) is 2.84.